The number of carbonyl (C=O) groups is 2. The quantitative estimate of drug-likeness (QED) is 0.745. The monoisotopic (exact) mass is 301 g/mol. The van der Waals surface area contributed by atoms with Crippen molar-refractivity contribution in [2.75, 3.05) is 6.61 Å². The summed E-state index contributed by atoms with van der Waals surface area (Å²) in [5.41, 5.74) is 0.220. The second-order valence-electron chi connectivity index (χ2n) is 3.93. The van der Waals surface area contributed by atoms with E-state index in [1.54, 1.807) is 6.92 Å². The first-order valence-electron chi connectivity index (χ1n) is 5.80. The minimum Gasteiger partial charge on any atom is -0.480 e. The van der Waals surface area contributed by atoms with Gasteiger partial charge in [-0.05, 0) is 38.1 Å². The molecule has 0 spiro atoms. The van der Waals surface area contributed by atoms with Crippen molar-refractivity contribution in [3.63, 3.8) is 0 Å². The largest absolute Gasteiger partial charge is 0.480 e. The van der Waals surface area contributed by atoms with Gasteiger partial charge in [-0.1, -0.05) is 0 Å². The summed E-state index contributed by atoms with van der Waals surface area (Å²) < 4.78 is 30.5. The molecule has 1 aromatic carbocycles. The van der Waals surface area contributed by atoms with E-state index < -0.39 is 28.0 Å². The average Bonchev–Trinajstić information content (AvgIpc) is 2.38. The van der Waals surface area contributed by atoms with Crippen LogP contribution in [0.2, 0.25) is 0 Å². The van der Waals surface area contributed by atoms with Crippen LogP contribution in [0, 0.1) is 0 Å². The van der Waals surface area contributed by atoms with Gasteiger partial charge in [0.05, 0.1) is 17.1 Å². The Balaban J connectivity index is 2.92. The number of nitrogens with one attached hydrogen (secondary N) is 1. The highest BCUT2D eigenvalue weighted by Crippen LogP contribution is 2.12. The molecular weight excluding hydrogens is 286 g/mol. The molecule has 0 aromatic heterocycles. The van der Waals surface area contributed by atoms with Crippen LogP contribution in [-0.4, -0.2) is 38.1 Å². The zero-order valence-corrected chi connectivity index (χ0v) is 11.8. The highest BCUT2D eigenvalue weighted by Gasteiger charge is 2.21. The van der Waals surface area contributed by atoms with Crippen LogP contribution in [0.25, 0.3) is 0 Å². The molecule has 0 fully saturated rings. The fourth-order valence-corrected chi connectivity index (χ4v) is 2.53. The average molecular weight is 301 g/mol. The van der Waals surface area contributed by atoms with Crippen molar-refractivity contribution in [2.24, 2.45) is 0 Å². The number of benzene rings is 1. The lowest BCUT2D eigenvalue weighted by Gasteiger charge is -2.10. The Labute approximate surface area is 116 Å². The van der Waals surface area contributed by atoms with Gasteiger partial charge >= 0.3 is 11.9 Å². The molecule has 0 saturated heterocycles. The molecule has 20 heavy (non-hydrogen) atoms. The van der Waals surface area contributed by atoms with Gasteiger partial charge in [0.25, 0.3) is 0 Å². The van der Waals surface area contributed by atoms with Crippen molar-refractivity contribution in [2.45, 2.75) is 24.8 Å². The zero-order chi connectivity index (χ0) is 15.3. The van der Waals surface area contributed by atoms with Crippen molar-refractivity contribution in [3.8, 4) is 0 Å². The van der Waals surface area contributed by atoms with Crippen molar-refractivity contribution in [1.29, 1.82) is 0 Å². The molecule has 0 heterocycles. The number of aliphatic carboxylic acids is 1. The predicted octanol–water partition coefficient (Wildman–Crippen LogP) is 0.615. The molecule has 110 valence electrons. The number of rotatable bonds is 6. The van der Waals surface area contributed by atoms with E-state index in [0.29, 0.717) is 0 Å². The minimum atomic E-state index is -3.94. The zero-order valence-electron chi connectivity index (χ0n) is 11.0. The number of carbonyl (C=O) groups excluding carboxylic acids is 1. The van der Waals surface area contributed by atoms with Crippen LogP contribution in [-0.2, 0) is 19.6 Å². The lowest BCUT2D eigenvalue weighted by atomic mass is 10.2. The lowest BCUT2D eigenvalue weighted by molar-refractivity contribution is -0.138. The van der Waals surface area contributed by atoms with Crippen LogP contribution in [0.4, 0.5) is 0 Å². The Hall–Kier alpha value is -1.93. The topological polar surface area (TPSA) is 110 Å². The van der Waals surface area contributed by atoms with Gasteiger partial charge in [-0.15, -0.1) is 0 Å². The minimum absolute atomic E-state index is 0.126. The number of sulfonamides is 1. The summed E-state index contributed by atoms with van der Waals surface area (Å²) >= 11 is 0. The second kappa shape index (κ2) is 6.49. The summed E-state index contributed by atoms with van der Waals surface area (Å²) in [6, 6.07) is 3.78. The fraction of sp³-hybridized carbons (Fsp3) is 0.333. The maximum atomic E-state index is 11.9. The van der Waals surface area contributed by atoms with Crippen molar-refractivity contribution in [1.82, 2.24) is 4.72 Å². The molecule has 0 saturated carbocycles. The number of carboxylic acid groups (broad SMARTS) is 1. The van der Waals surface area contributed by atoms with Crippen LogP contribution < -0.4 is 4.72 Å². The smallest absolute Gasteiger partial charge is 0.338 e. The normalized spacial score (nSPS) is 12.7. The van der Waals surface area contributed by atoms with E-state index in [9.17, 15) is 18.0 Å². The summed E-state index contributed by atoms with van der Waals surface area (Å²) in [5.74, 6) is -1.83. The Bertz CT molecular complexity index is 593. The molecule has 7 nitrogen and oxygen atoms in total. The van der Waals surface area contributed by atoms with Crippen molar-refractivity contribution in [3.05, 3.63) is 29.8 Å². The number of hydrogen-bond donors (Lipinski definition) is 2. The highest BCUT2D eigenvalue weighted by molar-refractivity contribution is 7.89. The molecule has 0 bridgehead atoms. The maximum Gasteiger partial charge on any atom is 0.338 e. The molecule has 2 N–H and O–H groups in total. The van der Waals surface area contributed by atoms with Crippen LogP contribution >= 0.6 is 0 Å². The van der Waals surface area contributed by atoms with Gasteiger partial charge in [0.15, 0.2) is 0 Å². The molecule has 1 aromatic rings. The van der Waals surface area contributed by atoms with E-state index in [2.05, 4.69) is 0 Å². The van der Waals surface area contributed by atoms with Gasteiger partial charge in [0.1, 0.15) is 6.04 Å². The standard InChI is InChI=1S/C12H15NO6S/c1-3-19-12(16)9-4-6-10(7-5-9)20(17,18)13-8(2)11(14)15/h4-8,13H,3H2,1-2H3,(H,14,15)/t8-/m1/s1. The van der Waals surface area contributed by atoms with Crippen LogP contribution in [0.5, 0.6) is 0 Å². The number of hydrogen-bond acceptors (Lipinski definition) is 5. The first-order chi connectivity index (χ1) is 9.27. The molecule has 0 aliphatic carbocycles. The molecule has 0 amide bonds. The maximum absolute atomic E-state index is 11.9. The van der Waals surface area contributed by atoms with Gasteiger partial charge in [-0.2, -0.15) is 4.72 Å². The summed E-state index contributed by atoms with van der Waals surface area (Å²) in [5, 5.41) is 8.68. The fourth-order valence-electron chi connectivity index (χ4n) is 1.34. The Morgan fingerprint density at radius 1 is 1.30 bits per heavy atom. The van der Waals surface area contributed by atoms with E-state index in [1.165, 1.54) is 31.2 Å². The predicted molar refractivity (Wildman–Crippen MR) is 69.8 cm³/mol. The Kier molecular flexibility index (Phi) is 5.23. The molecule has 8 heteroatoms. The summed E-state index contributed by atoms with van der Waals surface area (Å²) in [7, 11) is -3.94. The van der Waals surface area contributed by atoms with E-state index in [4.69, 9.17) is 9.84 Å². The third-order valence-corrected chi connectivity index (χ3v) is 3.93. The molecular formula is C12H15NO6S. The Morgan fingerprint density at radius 3 is 2.30 bits per heavy atom. The lowest BCUT2D eigenvalue weighted by Crippen LogP contribution is -2.38. The van der Waals surface area contributed by atoms with Crippen molar-refractivity contribution < 1.29 is 27.9 Å². The van der Waals surface area contributed by atoms with E-state index in [0.717, 1.165) is 0 Å². The van der Waals surface area contributed by atoms with Gasteiger partial charge in [-0.25, -0.2) is 13.2 Å². The molecule has 1 rings (SSSR count). The summed E-state index contributed by atoms with van der Waals surface area (Å²) in [6.07, 6.45) is 0. The molecule has 0 unspecified atom stereocenters. The first kappa shape index (κ1) is 16.1. The second-order valence-corrected chi connectivity index (χ2v) is 5.64. The summed E-state index contributed by atoms with van der Waals surface area (Å²) in [6.45, 7) is 3.09. The third kappa shape index (κ3) is 4.04. The van der Waals surface area contributed by atoms with Gasteiger partial charge in [0, 0.05) is 0 Å². The van der Waals surface area contributed by atoms with E-state index in [1.807, 2.05) is 4.72 Å². The molecule has 1 atom stereocenters. The van der Waals surface area contributed by atoms with Crippen LogP contribution in [0.15, 0.2) is 29.2 Å². The SMILES string of the molecule is CCOC(=O)c1ccc(S(=O)(=O)N[C@H](C)C(=O)O)cc1. The summed E-state index contributed by atoms with van der Waals surface area (Å²) in [4.78, 5) is 21.9. The van der Waals surface area contributed by atoms with E-state index >= 15 is 0 Å². The van der Waals surface area contributed by atoms with Crippen molar-refractivity contribution >= 4 is 22.0 Å². The van der Waals surface area contributed by atoms with Gasteiger partial charge < -0.3 is 9.84 Å². The molecule has 0 aliphatic rings. The Morgan fingerprint density at radius 2 is 1.85 bits per heavy atom. The molecule has 0 radical (unpaired) electrons. The highest BCUT2D eigenvalue weighted by atomic mass is 32.2. The van der Waals surface area contributed by atoms with E-state index in [-0.39, 0.29) is 17.1 Å². The number of carboxylic acids is 1. The van der Waals surface area contributed by atoms with Crippen LogP contribution in [0.3, 0.4) is 0 Å². The number of esters is 1. The number of ether oxygens (including phenoxy) is 1. The van der Waals surface area contributed by atoms with Gasteiger partial charge in [-0.3, -0.25) is 4.79 Å². The molecule has 0 aliphatic heterocycles. The van der Waals surface area contributed by atoms with Crippen LogP contribution in [0.1, 0.15) is 24.2 Å². The van der Waals surface area contributed by atoms with Gasteiger partial charge in [0.2, 0.25) is 10.0 Å². The third-order valence-electron chi connectivity index (χ3n) is 2.38. The first-order valence-corrected chi connectivity index (χ1v) is 7.28.